The molecule has 140 valence electrons. The first-order chi connectivity index (χ1) is 11.1. The molecule has 0 aliphatic rings. The lowest BCUT2D eigenvalue weighted by Crippen LogP contribution is -2.42. The highest BCUT2D eigenvalue weighted by Gasteiger charge is 2.33. The van der Waals surface area contributed by atoms with Crippen LogP contribution in [0.5, 0.6) is 0 Å². The van der Waals surface area contributed by atoms with Crippen molar-refractivity contribution in [3.05, 3.63) is 0 Å². The SMILES string of the molecule is CCCCCCCCCCCCO[Si](CC)(CC)OCC(C)C. The quantitative estimate of drug-likeness (QED) is 0.207. The zero-order valence-corrected chi connectivity index (χ0v) is 17.8. The second kappa shape index (κ2) is 15.7. The van der Waals surface area contributed by atoms with Crippen LogP contribution < -0.4 is 0 Å². The van der Waals surface area contributed by atoms with Crippen LogP contribution in [0.4, 0.5) is 0 Å². The molecule has 0 aliphatic carbocycles. The van der Waals surface area contributed by atoms with E-state index in [1.54, 1.807) is 0 Å². The van der Waals surface area contributed by atoms with Gasteiger partial charge in [-0.2, -0.15) is 0 Å². The Morgan fingerprint density at radius 3 is 1.57 bits per heavy atom. The van der Waals surface area contributed by atoms with Crippen LogP contribution in [0, 0.1) is 5.92 Å². The Morgan fingerprint density at radius 1 is 0.652 bits per heavy atom. The molecule has 0 radical (unpaired) electrons. The molecule has 0 saturated heterocycles. The monoisotopic (exact) mass is 344 g/mol. The molecule has 0 N–H and O–H groups in total. The maximum atomic E-state index is 6.27. The first-order valence-electron chi connectivity index (χ1n) is 10.4. The Bertz CT molecular complexity index is 240. The average molecular weight is 345 g/mol. The van der Waals surface area contributed by atoms with Gasteiger partial charge in [0.1, 0.15) is 0 Å². The summed E-state index contributed by atoms with van der Waals surface area (Å²) < 4.78 is 12.5. The summed E-state index contributed by atoms with van der Waals surface area (Å²) in [5.74, 6) is 0.598. The lowest BCUT2D eigenvalue weighted by molar-refractivity contribution is 0.150. The molecule has 0 aliphatic heterocycles. The normalized spacial score (nSPS) is 12.3. The maximum absolute atomic E-state index is 6.27. The largest absolute Gasteiger partial charge is 0.394 e. The van der Waals surface area contributed by atoms with Crippen LogP contribution in [-0.4, -0.2) is 21.8 Å². The third-order valence-corrected chi connectivity index (χ3v) is 8.20. The number of hydrogen-bond donors (Lipinski definition) is 0. The molecule has 0 unspecified atom stereocenters. The van der Waals surface area contributed by atoms with Crippen molar-refractivity contribution in [2.45, 2.75) is 111 Å². The molecule has 0 aromatic rings. The summed E-state index contributed by atoms with van der Waals surface area (Å²) in [7, 11) is -1.90. The van der Waals surface area contributed by atoms with Gasteiger partial charge in [0.15, 0.2) is 0 Å². The van der Waals surface area contributed by atoms with Gasteiger partial charge in [0, 0.05) is 13.2 Å². The molecular formula is C20H44O2Si. The Labute approximate surface area is 148 Å². The lowest BCUT2D eigenvalue weighted by Gasteiger charge is -2.29. The van der Waals surface area contributed by atoms with E-state index in [9.17, 15) is 0 Å². The fourth-order valence-corrected chi connectivity index (χ4v) is 5.42. The second-order valence-electron chi connectivity index (χ2n) is 7.35. The summed E-state index contributed by atoms with van der Waals surface area (Å²) in [5, 5.41) is 0. The smallest absolute Gasteiger partial charge is 0.337 e. The molecule has 0 amide bonds. The summed E-state index contributed by atoms with van der Waals surface area (Å²) in [6, 6.07) is 2.15. The first-order valence-corrected chi connectivity index (χ1v) is 12.6. The highest BCUT2D eigenvalue weighted by atomic mass is 28.4. The van der Waals surface area contributed by atoms with E-state index in [2.05, 4.69) is 34.6 Å². The molecule has 0 saturated carbocycles. The summed E-state index contributed by atoms with van der Waals surface area (Å²) >= 11 is 0. The van der Waals surface area contributed by atoms with Crippen molar-refractivity contribution < 1.29 is 8.85 Å². The number of hydrogen-bond acceptors (Lipinski definition) is 2. The molecular weight excluding hydrogens is 300 g/mol. The molecule has 0 aromatic carbocycles. The highest BCUT2D eigenvalue weighted by molar-refractivity contribution is 6.67. The van der Waals surface area contributed by atoms with Crippen LogP contribution in [0.1, 0.15) is 98.8 Å². The Morgan fingerprint density at radius 2 is 1.13 bits per heavy atom. The Kier molecular flexibility index (Phi) is 15.7. The van der Waals surface area contributed by atoms with Gasteiger partial charge in [0.25, 0.3) is 0 Å². The van der Waals surface area contributed by atoms with Crippen molar-refractivity contribution in [1.29, 1.82) is 0 Å². The van der Waals surface area contributed by atoms with Crippen molar-refractivity contribution >= 4 is 8.56 Å². The van der Waals surface area contributed by atoms with Gasteiger partial charge in [0.05, 0.1) is 0 Å². The minimum atomic E-state index is -1.90. The van der Waals surface area contributed by atoms with Crippen molar-refractivity contribution in [3.8, 4) is 0 Å². The van der Waals surface area contributed by atoms with Crippen LogP contribution in [0.25, 0.3) is 0 Å². The molecule has 2 nitrogen and oxygen atoms in total. The van der Waals surface area contributed by atoms with Crippen molar-refractivity contribution in [2.24, 2.45) is 5.92 Å². The van der Waals surface area contributed by atoms with Gasteiger partial charge in [-0.3, -0.25) is 0 Å². The summed E-state index contributed by atoms with van der Waals surface area (Å²) in [4.78, 5) is 0. The molecule has 0 spiro atoms. The standard InChI is InChI=1S/C20H44O2Si/c1-6-9-10-11-12-13-14-15-16-17-18-21-23(7-2,8-3)22-19-20(4)5/h20H,6-19H2,1-5H3. The van der Waals surface area contributed by atoms with Crippen LogP contribution in [0.3, 0.4) is 0 Å². The van der Waals surface area contributed by atoms with E-state index in [0.717, 1.165) is 25.3 Å². The topological polar surface area (TPSA) is 18.5 Å². The van der Waals surface area contributed by atoms with Gasteiger partial charge in [-0.15, -0.1) is 0 Å². The maximum Gasteiger partial charge on any atom is 0.337 e. The Hall–Kier alpha value is 0.137. The van der Waals surface area contributed by atoms with E-state index < -0.39 is 8.56 Å². The van der Waals surface area contributed by atoms with Gasteiger partial charge < -0.3 is 8.85 Å². The second-order valence-corrected chi connectivity index (χ2v) is 11.2. The van der Waals surface area contributed by atoms with E-state index in [4.69, 9.17) is 8.85 Å². The van der Waals surface area contributed by atoms with E-state index in [-0.39, 0.29) is 0 Å². The van der Waals surface area contributed by atoms with E-state index in [1.165, 1.54) is 64.2 Å². The summed E-state index contributed by atoms with van der Waals surface area (Å²) in [5.41, 5.74) is 0. The molecule has 0 rings (SSSR count). The highest BCUT2D eigenvalue weighted by Crippen LogP contribution is 2.20. The van der Waals surface area contributed by atoms with E-state index in [1.807, 2.05) is 0 Å². The third-order valence-electron chi connectivity index (χ3n) is 4.62. The molecule has 23 heavy (non-hydrogen) atoms. The summed E-state index contributed by atoms with van der Waals surface area (Å²) in [6.45, 7) is 12.9. The predicted octanol–water partition coefficient (Wildman–Crippen LogP) is 7.08. The number of unbranched alkanes of at least 4 members (excludes halogenated alkanes) is 9. The fraction of sp³-hybridized carbons (Fsp3) is 1.00. The number of rotatable bonds is 17. The molecule has 0 aromatic heterocycles. The van der Waals surface area contributed by atoms with Gasteiger partial charge >= 0.3 is 8.56 Å². The zero-order chi connectivity index (χ0) is 17.4. The molecule has 0 bridgehead atoms. The molecule has 0 atom stereocenters. The van der Waals surface area contributed by atoms with Crippen molar-refractivity contribution in [2.75, 3.05) is 13.2 Å². The molecule has 3 heteroatoms. The zero-order valence-electron chi connectivity index (χ0n) is 16.8. The minimum Gasteiger partial charge on any atom is -0.394 e. The third kappa shape index (κ3) is 13.1. The van der Waals surface area contributed by atoms with Crippen LogP contribution in [-0.2, 0) is 8.85 Å². The fourth-order valence-electron chi connectivity index (χ4n) is 2.87. The summed E-state index contributed by atoms with van der Waals surface area (Å²) in [6.07, 6.45) is 13.8. The van der Waals surface area contributed by atoms with E-state index >= 15 is 0 Å². The van der Waals surface area contributed by atoms with Crippen LogP contribution in [0.15, 0.2) is 0 Å². The van der Waals surface area contributed by atoms with Crippen molar-refractivity contribution in [3.63, 3.8) is 0 Å². The van der Waals surface area contributed by atoms with Gasteiger partial charge in [-0.05, 0) is 24.4 Å². The van der Waals surface area contributed by atoms with Gasteiger partial charge in [-0.25, -0.2) is 0 Å². The van der Waals surface area contributed by atoms with Crippen LogP contribution >= 0.6 is 0 Å². The lowest BCUT2D eigenvalue weighted by atomic mass is 10.1. The minimum absolute atomic E-state index is 0.598. The predicted molar refractivity (Wildman–Crippen MR) is 105 cm³/mol. The first kappa shape index (κ1) is 23.1. The molecule has 0 fully saturated rings. The molecule has 0 heterocycles. The van der Waals surface area contributed by atoms with Crippen molar-refractivity contribution in [1.82, 2.24) is 0 Å². The van der Waals surface area contributed by atoms with Gasteiger partial charge in [0.2, 0.25) is 0 Å². The Balaban J connectivity index is 3.59. The average Bonchev–Trinajstić information content (AvgIpc) is 2.55. The van der Waals surface area contributed by atoms with E-state index in [0.29, 0.717) is 5.92 Å². The van der Waals surface area contributed by atoms with Crippen LogP contribution in [0.2, 0.25) is 12.1 Å². The van der Waals surface area contributed by atoms with Gasteiger partial charge in [-0.1, -0.05) is 92.4 Å².